The molecule has 50 heavy (non-hydrogen) atoms. The smallest absolute Gasteiger partial charge is 0.119 e. The Labute approximate surface area is 317 Å². The first-order valence-electron chi connectivity index (χ1n) is 18.6. The van der Waals surface area contributed by atoms with Crippen LogP contribution in [-0.4, -0.2) is 13.2 Å². The maximum absolute atomic E-state index is 6.32. The number of benzene rings is 5. The van der Waals surface area contributed by atoms with Gasteiger partial charge in [0.1, 0.15) is 11.5 Å². The lowest BCUT2D eigenvalue weighted by molar-refractivity contribution is 0.233. The summed E-state index contributed by atoms with van der Waals surface area (Å²) >= 11 is 7.31. The van der Waals surface area contributed by atoms with Crippen molar-refractivity contribution < 1.29 is 9.47 Å². The minimum absolute atomic E-state index is 0.592. The molecule has 262 valence electrons. The molecular formula is C46H52Br2O2. The van der Waals surface area contributed by atoms with E-state index < -0.39 is 0 Å². The second kappa shape index (κ2) is 19.3. The van der Waals surface area contributed by atoms with E-state index in [9.17, 15) is 0 Å². The van der Waals surface area contributed by atoms with Crippen molar-refractivity contribution >= 4 is 31.9 Å². The van der Waals surface area contributed by atoms with Crippen LogP contribution in [0.4, 0.5) is 0 Å². The average Bonchev–Trinajstić information content (AvgIpc) is 3.15. The Morgan fingerprint density at radius 1 is 0.460 bits per heavy atom. The van der Waals surface area contributed by atoms with Crippen molar-refractivity contribution in [3.63, 3.8) is 0 Å². The number of halogens is 2. The molecule has 2 atom stereocenters. The minimum Gasteiger partial charge on any atom is -0.493 e. The molecule has 0 amide bonds. The zero-order valence-corrected chi connectivity index (χ0v) is 33.4. The summed E-state index contributed by atoms with van der Waals surface area (Å²) in [6.07, 6.45) is 9.71. The average molecular weight is 797 g/mol. The predicted molar refractivity (Wildman–Crippen MR) is 221 cm³/mol. The third-order valence-electron chi connectivity index (χ3n) is 9.84. The van der Waals surface area contributed by atoms with Crippen molar-refractivity contribution in [2.24, 2.45) is 11.8 Å². The van der Waals surface area contributed by atoms with Gasteiger partial charge in [0, 0.05) is 8.95 Å². The Bertz CT molecular complexity index is 1680. The van der Waals surface area contributed by atoms with Gasteiger partial charge < -0.3 is 9.47 Å². The van der Waals surface area contributed by atoms with Gasteiger partial charge in [-0.05, 0) is 130 Å². The monoisotopic (exact) mass is 794 g/mol. The van der Waals surface area contributed by atoms with Gasteiger partial charge in [0.05, 0.1) is 13.2 Å². The normalized spacial score (nSPS) is 12.4. The quantitative estimate of drug-likeness (QED) is 0.0879. The molecule has 5 rings (SSSR count). The van der Waals surface area contributed by atoms with E-state index >= 15 is 0 Å². The lowest BCUT2D eigenvalue weighted by Gasteiger charge is -2.20. The fraction of sp³-hybridized carbons (Fsp3) is 0.348. The molecule has 0 N–H and O–H groups in total. The summed E-state index contributed by atoms with van der Waals surface area (Å²) in [5, 5.41) is 0. The molecular weight excluding hydrogens is 744 g/mol. The van der Waals surface area contributed by atoms with Gasteiger partial charge in [-0.15, -0.1) is 0 Å². The topological polar surface area (TPSA) is 18.5 Å². The highest BCUT2D eigenvalue weighted by molar-refractivity contribution is 9.10. The van der Waals surface area contributed by atoms with Gasteiger partial charge in [0.15, 0.2) is 0 Å². The summed E-state index contributed by atoms with van der Waals surface area (Å²) in [5.41, 5.74) is 9.42. The SMILES string of the molecule is CCCCC(CC)COc1ccc(-c2cc(-c3ccc(Br)cc3)c(-c3ccc(OCC(CC)CCCC)cc3)c(-c3ccc(Br)cc3)c2)cc1. The van der Waals surface area contributed by atoms with Crippen LogP contribution in [0.15, 0.2) is 118 Å². The molecule has 0 aliphatic rings. The maximum Gasteiger partial charge on any atom is 0.119 e. The molecule has 5 aromatic rings. The van der Waals surface area contributed by atoms with Crippen LogP contribution in [0.3, 0.4) is 0 Å². The number of unbranched alkanes of at least 4 members (excludes halogenated alkanes) is 2. The van der Waals surface area contributed by atoms with E-state index in [1.807, 2.05) is 0 Å². The molecule has 0 aromatic heterocycles. The van der Waals surface area contributed by atoms with Crippen molar-refractivity contribution in [3.8, 4) is 56.0 Å². The summed E-state index contributed by atoms with van der Waals surface area (Å²) in [7, 11) is 0. The summed E-state index contributed by atoms with van der Waals surface area (Å²) < 4.78 is 14.7. The summed E-state index contributed by atoms with van der Waals surface area (Å²) in [5.74, 6) is 3.05. The largest absolute Gasteiger partial charge is 0.493 e. The fourth-order valence-electron chi connectivity index (χ4n) is 6.52. The van der Waals surface area contributed by atoms with Crippen LogP contribution in [0, 0.1) is 11.8 Å². The van der Waals surface area contributed by atoms with Crippen LogP contribution in [0.1, 0.15) is 79.1 Å². The molecule has 4 heteroatoms. The minimum atomic E-state index is 0.592. The Morgan fingerprint density at radius 3 is 1.22 bits per heavy atom. The van der Waals surface area contributed by atoms with Gasteiger partial charge in [0.25, 0.3) is 0 Å². The van der Waals surface area contributed by atoms with Crippen LogP contribution < -0.4 is 9.47 Å². The van der Waals surface area contributed by atoms with Gasteiger partial charge >= 0.3 is 0 Å². The van der Waals surface area contributed by atoms with Crippen molar-refractivity contribution in [3.05, 3.63) is 118 Å². The molecule has 5 aromatic carbocycles. The van der Waals surface area contributed by atoms with E-state index in [-0.39, 0.29) is 0 Å². The second-order valence-corrected chi connectivity index (χ2v) is 15.3. The fourth-order valence-corrected chi connectivity index (χ4v) is 7.05. The van der Waals surface area contributed by atoms with Crippen LogP contribution in [-0.2, 0) is 0 Å². The van der Waals surface area contributed by atoms with Crippen LogP contribution in [0.25, 0.3) is 44.5 Å². The number of hydrogen-bond acceptors (Lipinski definition) is 2. The molecule has 2 unspecified atom stereocenters. The molecule has 2 nitrogen and oxygen atoms in total. The van der Waals surface area contributed by atoms with Crippen LogP contribution in [0.2, 0.25) is 0 Å². The summed E-state index contributed by atoms with van der Waals surface area (Å²) in [6.45, 7) is 10.6. The maximum atomic E-state index is 6.32. The molecule has 0 radical (unpaired) electrons. The molecule has 0 fully saturated rings. The van der Waals surface area contributed by atoms with E-state index in [0.717, 1.165) is 57.6 Å². The van der Waals surface area contributed by atoms with E-state index in [1.165, 1.54) is 71.9 Å². The van der Waals surface area contributed by atoms with Crippen LogP contribution in [0.5, 0.6) is 11.5 Å². The highest BCUT2D eigenvalue weighted by Gasteiger charge is 2.18. The first kappa shape index (κ1) is 37.9. The van der Waals surface area contributed by atoms with Crippen molar-refractivity contribution in [2.45, 2.75) is 79.1 Å². The highest BCUT2D eigenvalue weighted by atomic mass is 79.9. The molecule has 0 aliphatic heterocycles. The van der Waals surface area contributed by atoms with Crippen molar-refractivity contribution in [2.75, 3.05) is 13.2 Å². The molecule has 0 saturated heterocycles. The van der Waals surface area contributed by atoms with E-state index in [0.29, 0.717) is 11.8 Å². The molecule has 0 saturated carbocycles. The Kier molecular flexibility index (Phi) is 14.6. The van der Waals surface area contributed by atoms with Gasteiger partial charge in [-0.3, -0.25) is 0 Å². The Hall–Kier alpha value is -3.34. The lowest BCUT2D eigenvalue weighted by atomic mass is 9.84. The van der Waals surface area contributed by atoms with E-state index in [1.54, 1.807) is 0 Å². The number of ether oxygens (including phenoxy) is 2. The molecule has 0 heterocycles. The summed E-state index contributed by atoms with van der Waals surface area (Å²) in [4.78, 5) is 0. The van der Waals surface area contributed by atoms with Gasteiger partial charge in [-0.1, -0.05) is 147 Å². The first-order valence-corrected chi connectivity index (χ1v) is 20.2. The lowest BCUT2D eigenvalue weighted by Crippen LogP contribution is -2.11. The van der Waals surface area contributed by atoms with Gasteiger partial charge in [-0.2, -0.15) is 0 Å². The molecule has 0 spiro atoms. The predicted octanol–water partition coefficient (Wildman–Crippen LogP) is 15.1. The first-order chi connectivity index (χ1) is 24.4. The van der Waals surface area contributed by atoms with E-state index in [4.69, 9.17) is 9.47 Å². The molecule has 0 aliphatic carbocycles. The zero-order valence-electron chi connectivity index (χ0n) is 30.2. The number of rotatable bonds is 18. The zero-order chi connectivity index (χ0) is 35.3. The van der Waals surface area contributed by atoms with Gasteiger partial charge in [-0.25, -0.2) is 0 Å². The molecule has 0 bridgehead atoms. The summed E-state index contributed by atoms with van der Waals surface area (Å²) in [6, 6.07) is 39.4. The van der Waals surface area contributed by atoms with E-state index in [2.05, 4.69) is 169 Å². The second-order valence-electron chi connectivity index (χ2n) is 13.5. The van der Waals surface area contributed by atoms with Gasteiger partial charge in [0.2, 0.25) is 0 Å². The third-order valence-corrected chi connectivity index (χ3v) is 10.9. The highest BCUT2D eigenvalue weighted by Crippen LogP contribution is 2.44. The van der Waals surface area contributed by atoms with Crippen molar-refractivity contribution in [1.82, 2.24) is 0 Å². The van der Waals surface area contributed by atoms with Crippen LogP contribution >= 0.6 is 31.9 Å². The standard InChI is InChI=1S/C46H52Br2O2/c1-5-9-11-33(7-3)31-49-42-25-17-35(18-26-42)39-29-44(36-13-21-40(47)22-14-36)46(45(30-39)37-15-23-41(48)24-16-37)38-19-27-43(28-20-38)50-32-34(8-4)12-10-6-2/h13-30,33-34H,5-12,31-32H2,1-4H3. The Morgan fingerprint density at radius 2 is 0.840 bits per heavy atom. The number of hydrogen-bond donors (Lipinski definition) is 0. The third kappa shape index (κ3) is 10.4. The van der Waals surface area contributed by atoms with Crippen molar-refractivity contribution in [1.29, 1.82) is 0 Å². The Balaban J connectivity index is 1.55.